The average molecular weight is 281 g/mol. The van der Waals surface area contributed by atoms with E-state index in [-0.39, 0.29) is 6.04 Å². The van der Waals surface area contributed by atoms with E-state index in [0.29, 0.717) is 12.0 Å². The van der Waals surface area contributed by atoms with E-state index in [0.717, 1.165) is 23.5 Å². The van der Waals surface area contributed by atoms with Crippen molar-refractivity contribution in [3.8, 4) is 0 Å². The molecule has 0 bridgehead atoms. The molecule has 6 heteroatoms. The van der Waals surface area contributed by atoms with Crippen molar-refractivity contribution in [2.75, 3.05) is 0 Å². The first-order valence-electron chi connectivity index (χ1n) is 6.92. The van der Waals surface area contributed by atoms with E-state index >= 15 is 0 Å². The smallest absolute Gasteiger partial charge is 0.206 e. The van der Waals surface area contributed by atoms with Crippen molar-refractivity contribution in [1.82, 2.24) is 15.7 Å². The van der Waals surface area contributed by atoms with Crippen molar-refractivity contribution in [3.05, 3.63) is 16.1 Å². The summed E-state index contributed by atoms with van der Waals surface area (Å²) in [5.41, 5.74) is 3.73. The number of hydrazine groups is 1. The number of guanidine groups is 1. The number of nitrogens with one attached hydrogen (secondary N) is 2. The number of thiazole rings is 1. The van der Waals surface area contributed by atoms with Crippen LogP contribution in [0.3, 0.4) is 0 Å². The van der Waals surface area contributed by atoms with Crippen molar-refractivity contribution >= 4 is 17.3 Å². The number of aliphatic imine (C=N–C) groups is 1. The van der Waals surface area contributed by atoms with Crippen LogP contribution in [0.2, 0.25) is 0 Å². The van der Waals surface area contributed by atoms with Gasteiger partial charge < -0.3 is 5.32 Å². The molecule has 1 aromatic heterocycles. The third-order valence-corrected chi connectivity index (χ3v) is 4.53. The van der Waals surface area contributed by atoms with E-state index in [1.54, 1.807) is 11.3 Å². The number of aryl methyl sites for hydroxylation is 1. The molecule has 0 amide bonds. The van der Waals surface area contributed by atoms with Gasteiger partial charge in [-0.3, -0.25) is 5.43 Å². The second kappa shape index (κ2) is 6.86. The predicted molar refractivity (Wildman–Crippen MR) is 80.0 cm³/mol. The van der Waals surface area contributed by atoms with Crippen LogP contribution in [0.15, 0.2) is 10.4 Å². The van der Waals surface area contributed by atoms with Crippen molar-refractivity contribution in [3.63, 3.8) is 0 Å². The fourth-order valence-electron chi connectivity index (χ4n) is 2.35. The van der Waals surface area contributed by atoms with Gasteiger partial charge in [-0.25, -0.2) is 15.8 Å². The number of nitrogens with two attached hydrogens (primary N) is 1. The maximum Gasteiger partial charge on any atom is 0.206 e. The Morgan fingerprint density at radius 3 is 2.79 bits per heavy atom. The summed E-state index contributed by atoms with van der Waals surface area (Å²) < 4.78 is 0. The first-order chi connectivity index (χ1) is 9.19. The zero-order valence-corrected chi connectivity index (χ0v) is 12.5. The number of aromatic nitrogens is 1. The van der Waals surface area contributed by atoms with Crippen molar-refractivity contribution < 1.29 is 0 Å². The standard InChI is InChI=1S/C13H23N5S/c1-9-8-19-12(15-9)10(2)16-13(18-14)17-11-6-4-3-5-7-11/h8,10-11H,3-7,14H2,1-2H3,(H2,16,17,18). The van der Waals surface area contributed by atoms with Crippen LogP contribution in [0.1, 0.15) is 55.8 Å². The van der Waals surface area contributed by atoms with E-state index in [1.807, 2.05) is 6.92 Å². The zero-order chi connectivity index (χ0) is 13.7. The Morgan fingerprint density at radius 1 is 1.47 bits per heavy atom. The highest BCUT2D eigenvalue weighted by molar-refractivity contribution is 7.09. The Morgan fingerprint density at radius 2 is 2.21 bits per heavy atom. The highest BCUT2D eigenvalue weighted by Gasteiger charge is 2.15. The quantitative estimate of drug-likeness (QED) is 0.344. The van der Waals surface area contributed by atoms with Crippen molar-refractivity contribution in [2.45, 2.75) is 58.0 Å². The molecule has 2 rings (SSSR count). The van der Waals surface area contributed by atoms with Crippen LogP contribution in [-0.2, 0) is 0 Å². The van der Waals surface area contributed by atoms with Gasteiger partial charge in [0.05, 0.1) is 12.1 Å². The fraction of sp³-hybridized carbons (Fsp3) is 0.692. The van der Waals surface area contributed by atoms with Gasteiger partial charge in [-0.15, -0.1) is 11.3 Å². The van der Waals surface area contributed by atoms with Crippen LogP contribution >= 0.6 is 11.3 Å². The second-order valence-electron chi connectivity index (χ2n) is 5.11. The number of hydrogen-bond donors (Lipinski definition) is 3. The summed E-state index contributed by atoms with van der Waals surface area (Å²) in [4.78, 5) is 9.15. The number of rotatable bonds is 3. The third-order valence-electron chi connectivity index (χ3n) is 3.38. The lowest BCUT2D eigenvalue weighted by molar-refractivity contribution is 0.440. The van der Waals surface area contributed by atoms with Gasteiger partial charge in [0.1, 0.15) is 5.01 Å². The van der Waals surface area contributed by atoms with Gasteiger partial charge in [-0.05, 0) is 26.7 Å². The Balaban J connectivity index is 1.95. The van der Waals surface area contributed by atoms with Gasteiger partial charge in [0, 0.05) is 11.1 Å². The summed E-state index contributed by atoms with van der Waals surface area (Å²) >= 11 is 1.66. The molecule has 1 aliphatic rings. The molecular formula is C13H23N5S. The molecule has 0 aromatic carbocycles. The van der Waals surface area contributed by atoms with E-state index in [9.17, 15) is 0 Å². The lowest BCUT2D eigenvalue weighted by Crippen LogP contribution is -2.43. The van der Waals surface area contributed by atoms with Gasteiger partial charge in [0.15, 0.2) is 0 Å². The molecule has 1 atom stereocenters. The molecule has 1 fully saturated rings. The largest absolute Gasteiger partial charge is 0.346 e. The van der Waals surface area contributed by atoms with Crippen molar-refractivity contribution in [1.29, 1.82) is 0 Å². The molecule has 106 valence electrons. The number of nitrogens with zero attached hydrogens (tertiary/aromatic N) is 2. The Kier molecular flexibility index (Phi) is 5.15. The summed E-state index contributed by atoms with van der Waals surface area (Å²) in [6.45, 7) is 4.08. The topological polar surface area (TPSA) is 75.3 Å². The van der Waals surface area contributed by atoms with Gasteiger partial charge >= 0.3 is 0 Å². The Bertz CT molecular complexity index is 422. The molecule has 4 N–H and O–H groups in total. The van der Waals surface area contributed by atoms with Crippen molar-refractivity contribution in [2.24, 2.45) is 10.8 Å². The molecule has 0 aliphatic heterocycles. The molecule has 19 heavy (non-hydrogen) atoms. The van der Waals surface area contributed by atoms with Gasteiger partial charge in [0.25, 0.3) is 0 Å². The highest BCUT2D eigenvalue weighted by Crippen LogP contribution is 2.21. The highest BCUT2D eigenvalue weighted by atomic mass is 32.1. The zero-order valence-electron chi connectivity index (χ0n) is 11.6. The Hall–Kier alpha value is -1.14. The van der Waals surface area contributed by atoms with E-state index in [4.69, 9.17) is 5.84 Å². The molecule has 1 aromatic rings. The summed E-state index contributed by atoms with van der Waals surface area (Å²) in [7, 11) is 0. The maximum atomic E-state index is 5.56. The lowest BCUT2D eigenvalue weighted by atomic mass is 9.96. The summed E-state index contributed by atoms with van der Waals surface area (Å²) in [6, 6.07) is 0.523. The molecule has 0 radical (unpaired) electrons. The molecule has 0 spiro atoms. The van der Waals surface area contributed by atoms with Crippen LogP contribution in [0, 0.1) is 6.92 Å². The predicted octanol–water partition coefficient (Wildman–Crippen LogP) is 2.25. The average Bonchev–Trinajstić information content (AvgIpc) is 2.86. The summed E-state index contributed by atoms with van der Waals surface area (Å²) in [5.74, 6) is 6.23. The van der Waals surface area contributed by atoms with Crippen LogP contribution in [0.25, 0.3) is 0 Å². The minimum absolute atomic E-state index is 0.122. The molecule has 1 saturated carbocycles. The van der Waals surface area contributed by atoms with Gasteiger partial charge in [-0.2, -0.15) is 0 Å². The first kappa shape index (κ1) is 14.3. The van der Waals surface area contributed by atoms with E-state index < -0.39 is 0 Å². The van der Waals surface area contributed by atoms with Crippen LogP contribution < -0.4 is 16.6 Å². The molecule has 0 saturated heterocycles. The minimum atomic E-state index is 0.122. The minimum Gasteiger partial charge on any atom is -0.346 e. The SMILES string of the molecule is Cc1csc(C(C)NC(=NC2CCCCC2)NN)n1. The van der Waals surface area contributed by atoms with E-state index in [1.165, 1.54) is 19.3 Å². The molecule has 5 nitrogen and oxygen atoms in total. The lowest BCUT2D eigenvalue weighted by Gasteiger charge is -2.21. The maximum absolute atomic E-state index is 5.56. The Labute approximate surface area is 118 Å². The van der Waals surface area contributed by atoms with Gasteiger partial charge in [-0.1, -0.05) is 19.3 Å². The number of hydrogen-bond acceptors (Lipinski definition) is 4. The molecular weight excluding hydrogens is 258 g/mol. The molecule has 1 heterocycles. The molecule has 1 aliphatic carbocycles. The van der Waals surface area contributed by atoms with E-state index in [2.05, 4.69) is 33.0 Å². The monoisotopic (exact) mass is 281 g/mol. The molecule has 1 unspecified atom stereocenters. The van der Waals surface area contributed by atoms with Crippen LogP contribution in [-0.4, -0.2) is 17.0 Å². The second-order valence-corrected chi connectivity index (χ2v) is 6.00. The third kappa shape index (κ3) is 4.18. The fourth-order valence-corrected chi connectivity index (χ4v) is 3.15. The normalized spacial score (nSPS) is 19.2. The van der Waals surface area contributed by atoms with Gasteiger partial charge in [0.2, 0.25) is 5.96 Å². The first-order valence-corrected chi connectivity index (χ1v) is 7.80. The van der Waals surface area contributed by atoms with Crippen LogP contribution in [0.4, 0.5) is 0 Å². The summed E-state index contributed by atoms with van der Waals surface area (Å²) in [6.07, 6.45) is 6.20. The van der Waals surface area contributed by atoms with Crippen LogP contribution in [0.5, 0.6) is 0 Å². The summed E-state index contributed by atoms with van der Waals surface area (Å²) in [5, 5.41) is 6.42.